The number of piperazine rings is 1. The molecule has 1 aromatic carbocycles. The Bertz CT molecular complexity index is 578. The summed E-state index contributed by atoms with van der Waals surface area (Å²) in [6.07, 6.45) is 1.02. The number of nitrogens with zero attached hydrogens (tertiary/aromatic N) is 2. The van der Waals surface area contributed by atoms with E-state index in [2.05, 4.69) is 18.7 Å². The minimum atomic E-state index is -3.87. The molecule has 7 heteroatoms. The second kappa shape index (κ2) is 6.29. The maximum atomic E-state index is 13.9. The summed E-state index contributed by atoms with van der Waals surface area (Å²) in [5.41, 5.74) is 5.61. The van der Waals surface area contributed by atoms with Gasteiger partial charge in [-0.15, -0.1) is 0 Å². The van der Waals surface area contributed by atoms with Crippen molar-refractivity contribution in [1.29, 1.82) is 0 Å². The predicted molar refractivity (Wildman–Crippen MR) is 80.9 cm³/mol. The lowest BCUT2D eigenvalue weighted by Crippen LogP contribution is -2.51. The minimum absolute atomic E-state index is 0.0423. The van der Waals surface area contributed by atoms with Crippen LogP contribution in [0.3, 0.4) is 0 Å². The van der Waals surface area contributed by atoms with Crippen molar-refractivity contribution in [1.82, 2.24) is 9.21 Å². The van der Waals surface area contributed by atoms with E-state index in [1.165, 1.54) is 16.4 Å². The van der Waals surface area contributed by atoms with Crippen molar-refractivity contribution in [2.45, 2.75) is 31.2 Å². The Morgan fingerprint density at radius 3 is 2.43 bits per heavy atom. The van der Waals surface area contributed by atoms with Crippen LogP contribution in [0.25, 0.3) is 0 Å². The average Bonchev–Trinajstić information content (AvgIpc) is 2.46. The Balaban J connectivity index is 2.19. The lowest BCUT2D eigenvalue weighted by atomic mass is 10.2. The van der Waals surface area contributed by atoms with Crippen LogP contribution in [-0.2, 0) is 10.0 Å². The fraction of sp³-hybridized carbons (Fsp3) is 0.571. The third-order valence-electron chi connectivity index (χ3n) is 4.08. The molecule has 0 spiro atoms. The van der Waals surface area contributed by atoms with Crippen LogP contribution in [0.2, 0.25) is 0 Å². The lowest BCUT2D eigenvalue weighted by molar-refractivity contribution is 0.142. The summed E-state index contributed by atoms with van der Waals surface area (Å²) in [5, 5.41) is 0. The molecule has 2 rings (SSSR count). The maximum absolute atomic E-state index is 13.9. The fourth-order valence-corrected chi connectivity index (χ4v) is 4.15. The van der Waals surface area contributed by atoms with E-state index < -0.39 is 20.7 Å². The number of hydrogen-bond donors (Lipinski definition) is 1. The van der Waals surface area contributed by atoms with E-state index in [0.717, 1.165) is 12.5 Å². The number of sulfonamides is 1. The SMILES string of the molecule is CCC(C)N1CCN(S(=O)(=O)c2c(N)cccc2F)CC1. The van der Waals surface area contributed by atoms with Gasteiger partial charge in [0.25, 0.3) is 0 Å². The molecule has 1 aromatic rings. The van der Waals surface area contributed by atoms with Gasteiger partial charge in [0, 0.05) is 32.2 Å². The molecular formula is C14H22FN3O2S. The van der Waals surface area contributed by atoms with Gasteiger partial charge in [-0.3, -0.25) is 4.90 Å². The second-order valence-electron chi connectivity index (χ2n) is 5.36. The Morgan fingerprint density at radius 2 is 1.90 bits per heavy atom. The molecule has 0 aliphatic carbocycles. The van der Waals surface area contributed by atoms with Gasteiger partial charge in [0.1, 0.15) is 10.7 Å². The lowest BCUT2D eigenvalue weighted by Gasteiger charge is -2.37. The van der Waals surface area contributed by atoms with E-state index in [1.54, 1.807) is 0 Å². The van der Waals surface area contributed by atoms with Crippen molar-refractivity contribution >= 4 is 15.7 Å². The summed E-state index contributed by atoms with van der Waals surface area (Å²) in [6.45, 7) is 6.26. The number of nitrogens with two attached hydrogens (primary N) is 1. The summed E-state index contributed by atoms with van der Waals surface area (Å²) < 4.78 is 40.3. The third-order valence-corrected chi connectivity index (χ3v) is 6.07. The third kappa shape index (κ3) is 3.20. The molecule has 5 nitrogen and oxygen atoms in total. The monoisotopic (exact) mass is 315 g/mol. The Hall–Kier alpha value is -1.18. The summed E-state index contributed by atoms with van der Waals surface area (Å²) >= 11 is 0. The molecule has 1 aliphatic rings. The summed E-state index contributed by atoms with van der Waals surface area (Å²) in [7, 11) is -3.87. The van der Waals surface area contributed by atoms with Gasteiger partial charge in [-0.05, 0) is 25.5 Å². The van der Waals surface area contributed by atoms with E-state index in [4.69, 9.17) is 5.73 Å². The topological polar surface area (TPSA) is 66.6 Å². The molecule has 0 saturated carbocycles. The Labute approximate surface area is 125 Å². The summed E-state index contributed by atoms with van der Waals surface area (Å²) in [6, 6.07) is 4.36. The van der Waals surface area contributed by atoms with Crippen molar-refractivity contribution < 1.29 is 12.8 Å². The number of halogens is 1. The van der Waals surface area contributed by atoms with Crippen LogP contribution in [-0.4, -0.2) is 49.8 Å². The highest BCUT2D eigenvalue weighted by molar-refractivity contribution is 7.89. The van der Waals surface area contributed by atoms with Gasteiger partial charge < -0.3 is 5.73 Å². The van der Waals surface area contributed by atoms with Crippen LogP contribution in [0, 0.1) is 5.82 Å². The van der Waals surface area contributed by atoms with Crippen LogP contribution in [0.5, 0.6) is 0 Å². The quantitative estimate of drug-likeness (QED) is 0.855. The number of anilines is 1. The van der Waals surface area contributed by atoms with Crippen molar-refractivity contribution in [3.05, 3.63) is 24.0 Å². The molecular weight excluding hydrogens is 293 g/mol. The summed E-state index contributed by atoms with van der Waals surface area (Å²) in [5.74, 6) is -0.792. The van der Waals surface area contributed by atoms with Gasteiger partial charge in [0.2, 0.25) is 10.0 Å². The van der Waals surface area contributed by atoms with Crippen LogP contribution < -0.4 is 5.73 Å². The molecule has 0 aromatic heterocycles. The number of nitrogen functional groups attached to an aromatic ring is 1. The van der Waals surface area contributed by atoms with Crippen molar-refractivity contribution in [2.24, 2.45) is 0 Å². The zero-order chi connectivity index (χ0) is 15.6. The number of benzene rings is 1. The predicted octanol–water partition coefficient (Wildman–Crippen LogP) is 1.51. The van der Waals surface area contributed by atoms with E-state index in [0.29, 0.717) is 32.2 Å². The molecule has 2 N–H and O–H groups in total. The normalized spacial score (nSPS) is 19.6. The van der Waals surface area contributed by atoms with Crippen LogP contribution in [0.4, 0.5) is 10.1 Å². The number of hydrogen-bond acceptors (Lipinski definition) is 4. The van der Waals surface area contributed by atoms with E-state index >= 15 is 0 Å². The smallest absolute Gasteiger partial charge is 0.248 e. The molecule has 0 amide bonds. The first-order valence-corrected chi connectivity index (χ1v) is 8.60. The molecule has 0 radical (unpaired) electrons. The molecule has 1 heterocycles. The van der Waals surface area contributed by atoms with Crippen molar-refractivity contribution in [3.63, 3.8) is 0 Å². The zero-order valence-electron chi connectivity index (χ0n) is 12.4. The molecule has 1 saturated heterocycles. The molecule has 1 aliphatic heterocycles. The van der Waals surface area contributed by atoms with Crippen LogP contribution in [0.15, 0.2) is 23.1 Å². The van der Waals surface area contributed by atoms with Crippen molar-refractivity contribution in [2.75, 3.05) is 31.9 Å². The number of rotatable bonds is 4. The zero-order valence-corrected chi connectivity index (χ0v) is 13.2. The molecule has 1 atom stereocenters. The Morgan fingerprint density at radius 1 is 1.29 bits per heavy atom. The second-order valence-corrected chi connectivity index (χ2v) is 7.23. The highest BCUT2D eigenvalue weighted by Gasteiger charge is 2.32. The van der Waals surface area contributed by atoms with Crippen molar-refractivity contribution in [3.8, 4) is 0 Å². The molecule has 21 heavy (non-hydrogen) atoms. The standard InChI is InChI=1S/C14H22FN3O2S/c1-3-11(2)17-7-9-18(10-8-17)21(19,20)14-12(15)5-4-6-13(14)16/h4-6,11H,3,7-10,16H2,1-2H3. The Kier molecular flexibility index (Phi) is 4.85. The van der Waals surface area contributed by atoms with Gasteiger partial charge in [0.15, 0.2) is 0 Å². The van der Waals surface area contributed by atoms with Gasteiger partial charge >= 0.3 is 0 Å². The average molecular weight is 315 g/mol. The highest BCUT2D eigenvalue weighted by Crippen LogP contribution is 2.26. The van der Waals surface area contributed by atoms with E-state index in [-0.39, 0.29) is 5.69 Å². The van der Waals surface area contributed by atoms with Gasteiger partial charge in [-0.1, -0.05) is 13.0 Å². The first kappa shape index (κ1) is 16.2. The largest absolute Gasteiger partial charge is 0.398 e. The van der Waals surface area contributed by atoms with E-state index in [9.17, 15) is 12.8 Å². The van der Waals surface area contributed by atoms with Gasteiger partial charge in [0.05, 0.1) is 5.69 Å². The van der Waals surface area contributed by atoms with Crippen LogP contribution >= 0.6 is 0 Å². The summed E-state index contributed by atoms with van der Waals surface area (Å²) in [4.78, 5) is 1.85. The molecule has 118 valence electrons. The van der Waals surface area contributed by atoms with Crippen LogP contribution in [0.1, 0.15) is 20.3 Å². The highest BCUT2D eigenvalue weighted by atomic mass is 32.2. The fourth-order valence-electron chi connectivity index (χ4n) is 2.57. The molecule has 1 unspecified atom stereocenters. The molecule has 1 fully saturated rings. The van der Waals surface area contributed by atoms with Gasteiger partial charge in [-0.25, -0.2) is 12.8 Å². The minimum Gasteiger partial charge on any atom is -0.398 e. The molecule has 0 bridgehead atoms. The maximum Gasteiger partial charge on any atom is 0.248 e. The first-order valence-electron chi connectivity index (χ1n) is 7.16. The van der Waals surface area contributed by atoms with Gasteiger partial charge in [-0.2, -0.15) is 4.31 Å². The first-order chi connectivity index (χ1) is 9.87. The van der Waals surface area contributed by atoms with E-state index in [1.807, 2.05) is 0 Å².